The van der Waals surface area contributed by atoms with Gasteiger partial charge in [-0.3, -0.25) is 4.79 Å². The number of rotatable bonds is 5. The molecule has 3 rings (SSSR count). The van der Waals surface area contributed by atoms with Gasteiger partial charge >= 0.3 is 11.8 Å². The van der Waals surface area contributed by atoms with Crippen molar-refractivity contribution in [2.24, 2.45) is 5.73 Å². The number of anilines is 1. The summed E-state index contributed by atoms with van der Waals surface area (Å²) in [5, 5.41) is 3.77. The fourth-order valence-electron chi connectivity index (χ4n) is 2.82. The summed E-state index contributed by atoms with van der Waals surface area (Å²) in [7, 11) is 0. The van der Waals surface area contributed by atoms with Gasteiger partial charge in [0.1, 0.15) is 5.82 Å². The van der Waals surface area contributed by atoms with Crippen LogP contribution in [-0.4, -0.2) is 21.0 Å². The Balaban J connectivity index is 1.81. The minimum atomic E-state index is -0.727. The van der Waals surface area contributed by atoms with Gasteiger partial charge in [0.05, 0.1) is 0 Å². The highest BCUT2D eigenvalue weighted by Gasteiger charge is 2.12. The van der Waals surface area contributed by atoms with Crippen molar-refractivity contribution >= 4 is 11.7 Å². The average molecular weight is 337 g/mol. The Morgan fingerprint density at radius 3 is 2.48 bits per heavy atom. The summed E-state index contributed by atoms with van der Waals surface area (Å²) in [6.45, 7) is 4.00. The third-order valence-corrected chi connectivity index (χ3v) is 3.99. The van der Waals surface area contributed by atoms with Crippen molar-refractivity contribution in [1.29, 1.82) is 0 Å². The highest BCUT2D eigenvalue weighted by Crippen LogP contribution is 2.20. The van der Waals surface area contributed by atoms with Crippen LogP contribution in [0.1, 0.15) is 44.5 Å². The number of nitrogens with two attached hydrogens (primary N) is 2. The molecule has 4 N–H and O–H groups in total. The van der Waals surface area contributed by atoms with Gasteiger partial charge in [0.15, 0.2) is 5.82 Å². The first kappa shape index (κ1) is 16.6. The van der Waals surface area contributed by atoms with Crippen LogP contribution in [0, 0.1) is 13.8 Å². The number of carbonyl (C=O) groups excluding carboxylic acids is 1. The lowest BCUT2D eigenvalue weighted by Crippen LogP contribution is -2.11. The Labute approximate surface area is 145 Å². The van der Waals surface area contributed by atoms with Crippen molar-refractivity contribution in [1.82, 2.24) is 15.1 Å². The van der Waals surface area contributed by atoms with Crippen molar-refractivity contribution < 1.29 is 9.32 Å². The molecule has 0 fully saturated rings. The van der Waals surface area contributed by atoms with E-state index in [4.69, 9.17) is 16.0 Å². The van der Waals surface area contributed by atoms with Crippen LogP contribution in [-0.2, 0) is 12.8 Å². The van der Waals surface area contributed by atoms with Crippen LogP contribution in [0.5, 0.6) is 0 Å². The Hall–Kier alpha value is -3.22. The SMILES string of the molecule is Cc1cc(N)nc(C)c1Cc1cccc(Cc2noc(C(N)=O)n2)c1. The normalized spacial score (nSPS) is 10.8. The Kier molecular flexibility index (Phi) is 4.47. The van der Waals surface area contributed by atoms with E-state index < -0.39 is 5.91 Å². The topological polar surface area (TPSA) is 121 Å². The fraction of sp³-hybridized carbons (Fsp3) is 0.222. The van der Waals surface area contributed by atoms with E-state index >= 15 is 0 Å². The molecule has 7 nitrogen and oxygen atoms in total. The number of hydrogen-bond acceptors (Lipinski definition) is 6. The number of nitrogens with zero attached hydrogens (tertiary/aromatic N) is 3. The largest absolute Gasteiger partial charge is 0.384 e. The van der Waals surface area contributed by atoms with E-state index in [2.05, 4.69) is 27.3 Å². The Morgan fingerprint density at radius 2 is 1.84 bits per heavy atom. The number of carbonyl (C=O) groups is 1. The summed E-state index contributed by atoms with van der Waals surface area (Å²) in [6.07, 6.45) is 1.22. The predicted octanol–water partition coefficient (Wildman–Crippen LogP) is 1.94. The number of aryl methyl sites for hydroxylation is 2. The summed E-state index contributed by atoms with van der Waals surface area (Å²) in [5.41, 5.74) is 16.3. The molecule has 2 aromatic heterocycles. The Bertz CT molecular complexity index is 910. The molecule has 1 amide bonds. The third kappa shape index (κ3) is 3.82. The van der Waals surface area contributed by atoms with E-state index in [0.29, 0.717) is 18.1 Å². The van der Waals surface area contributed by atoms with E-state index in [1.165, 1.54) is 5.56 Å². The number of hydrogen-bond donors (Lipinski definition) is 2. The number of benzene rings is 1. The van der Waals surface area contributed by atoms with Crippen LogP contribution >= 0.6 is 0 Å². The molecule has 0 unspecified atom stereocenters. The van der Waals surface area contributed by atoms with Gasteiger partial charge in [-0.15, -0.1) is 0 Å². The molecule has 0 saturated carbocycles. The van der Waals surface area contributed by atoms with Crippen molar-refractivity contribution in [3.05, 3.63) is 70.0 Å². The van der Waals surface area contributed by atoms with Crippen molar-refractivity contribution in [2.45, 2.75) is 26.7 Å². The molecule has 0 bridgehead atoms. The molecule has 7 heteroatoms. The quantitative estimate of drug-likeness (QED) is 0.734. The zero-order valence-corrected chi connectivity index (χ0v) is 14.1. The second-order valence-electron chi connectivity index (χ2n) is 5.98. The molecular weight excluding hydrogens is 318 g/mol. The lowest BCUT2D eigenvalue weighted by Gasteiger charge is -2.11. The van der Waals surface area contributed by atoms with Gasteiger partial charge in [0, 0.05) is 12.1 Å². The minimum Gasteiger partial charge on any atom is -0.384 e. The van der Waals surface area contributed by atoms with Gasteiger partial charge in [0.25, 0.3) is 0 Å². The molecule has 0 atom stereocenters. The predicted molar refractivity (Wildman–Crippen MR) is 93.0 cm³/mol. The fourth-order valence-corrected chi connectivity index (χ4v) is 2.82. The first-order chi connectivity index (χ1) is 11.9. The standard InChI is InChI=1S/C18H19N5O2/c1-10-6-15(19)21-11(2)14(10)8-12-4-3-5-13(7-12)9-16-22-18(17(20)24)25-23-16/h3-7H,8-9H2,1-2H3,(H2,19,21)(H2,20,24). The molecule has 0 aliphatic heterocycles. The van der Waals surface area contributed by atoms with Crippen molar-refractivity contribution in [2.75, 3.05) is 5.73 Å². The summed E-state index contributed by atoms with van der Waals surface area (Å²) in [6, 6.07) is 9.98. The second kappa shape index (κ2) is 6.72. The molecular formula is C18H19N5O2. The number of amides is 1. The van der Waals surface area contributed by atoms with Gasteiger partial charge in [-0.05, 0) is 48.6 Å². The highest BCUT2D eigenvalue weighted by molar-refractivity contribution is 5.87. The average Bonchev–Trinajstić information content (AvgIpc) is 3.00. The molecule has 128 valence electrons. The van der Waals surface area contributed by atoms with E-state index in [9.17, 15) is 4.79 Å². The summed E-state index contributed by atoms with van der Waals surface area (Å²) in [5.74, 6) is 0.0574. The van der Waals surface area contributed by atoms with Gasteiger partial charge in [0.2, 0.25) is 0 Å². The maximum absolute atomic E-state index is 11.0. The van der Waals surface area contributed by atoms with Crippen LogP contribution in [0.3, 0.4) is 0 Å². The van der Waals surface area contributed by atoms with E-state index in [1.54, 1.807) is 0 Å². The minimum absolute atomic E-state index is 0.176. The number of primary amides is 1. The summed E-state index contributed by atoms with van der Waals surface area (Å²) in [4.78, 5) is 19.3. The van der Waals surface area contributed by atoms with E-state index in [-0.39, 0.29) is 5.89 Å². The molecule has 0 spiro atoms. The van der Waals surface area contributed by atoms with Crippen LogP contribution in [0.15, 0.2) is 34.9 Å². The second-order valence-corrected chi connectivity index (χ2v) is 5.98. The summed E-state index contributed by atoms with van der Waals surface area (Å²) < 4.78 is 4.81. The monoisotopic (exact) mass is 337 g/mol. The lowest BCUT2D eigenvalue weighted by atomic mass is 9.97. The maximum atomic E-state index is 11.0. The van der Waals surface area contributed by atoms with Crippen LogP contribution in [0.2, 0.25) is 0 Å². The smallest absolute Gasteiger partial charge is 0.315 e. The lowest BCUT2D eigenvalue weighted by molar-refractivity contribution is 0.0958. The van der Waals surface area contributed by atoms with E-state index in [0.717, 1.165) is 28.8 Å². The first-order valence-corrected chi connectivity index (χ1v) is 7.85. The number of nitrogen functional groups attached to an aromatic ring is 1. The number of pyridine rings is 1. The molecule has 1 aromatic carbocycles. The van der Waals surface area contributed by atoms with Gasteiger partial charge in [-0.2, -0.15) is 4.98 Å². The van der Waals surface area contributed by atoms with Crippen molar-refractivity contribution in [3.63, 3.8) is 0 Å². The van der Waals surface area contributed by atoms with Crippen LogP contribution in [0.25, 0.3) is 0 Å². The highest BCUT2D eigenvalue weighted by atomic mass is 16.5. The molecule has 0 aliphatic carbocycles. The molecule has 0 radical (unpaired) electrons. The van der Waals surface area contributed by atoms with Crippen molar-refractivity contribution in [3.8, 4) is 0 Å². The van der Waals surface area contributed by atoms with E-state index in [1.807, 2.05) is 32.0 Å². The first-order valence-electron chi connectivity index (χ1n) is 7.85. The molecule has 3 aromatic rings. The van der Waals surface area contributed by atoms with Gasteiger partial charge in [-0.25, -0.2) is 4.98 Å². The zero-order chi connectivity index (χ0) is 18.0. The van der Waals surface area contributed by atoms with Gasteiger partial charge < -0.3 is 16.0 Å². The molecule has 2 heterocycles. The van der Waals surface area contributed by atoms with Crippen LogP contribution in [0.4, 0.5) is 5.82 Å². The van der Waals surface area contributed by atoms with Crippen LogP contribution < -0.4 is 11.5 Å². The van der Waals surface area contributed by atoms with Gasteiger partial charge in [-0.1, -0.05) is 29.4 Å². The summed E-state index contributed by atoms with van der Waals surface area (Å²) >= 11 is 0. The Morgan fingerprint density at radius 1 is 1.12 bits per heavy atom. The molecule has 25 heavy (non-hydrogen) atoms. The third-order valence-electron chi connectivity index (χ3n) is 3.99. The molecule has 0 aliphatic rings. The number of aromatic nitrogens is 3. The maximum Gasteiger partial charge on any atom is 0.315 e. The molecule has 0 saturated heterocycles. The zero-order valence-electron chi connectivity index (χ0n) is 14.1.